The minimum absolute atomic E-state index is 0.0308. The molecule has 0 bridgehead atoms. The highest BCUT2D eigenvalue weighted by Crippen LogP contribution is 2.57. The largest absolute Gasteiger partial charge is 0.496 e. The molecule has 2 unspecified atom stereocenters. The SMILES string of the molecule is [2H]C([2H])(CCc1sccc1OC)C([2H])([2H])[C@@]1(c2ccccn2)C([2H])([2H])C([2H])([2H])OC2(C([2H])([2H])C([2H])([2H])C([2H])([2H])C2([2H])[2H])C1([2H])[2H].[2H]C([2H])(CCc1sccc1OC)C[C@@]1(c2ccccn2)CCOC2(CC([2H])([2H])C([2H])([2H])C2)C1.[2H]C([2H])(CCc1sccc1OC)C[C@@]1(c2ccccn2)CCOC2(CCCC2)C1.[2H]C1([2H])CCC2(C1)C[C@](CC([2H])([2H])CCc1sccc1OC)(c1ccccn1)CCO2.[2H]C1([2H])CCC2(C1)C[C@](CC([2H])([2H])CCc1sccc1OC)(c1ccccn1)CCO2. The molecule has 135 heavy (non-hydrogen) atoms. The van der Waals surface area contributed by atoms with E-state index >= 15 is 0 Å². The third kappa shape index (κ3) is 25.7. The summed E-state index contributed by atoms with van der Waals surface area (Å²) in [5.74, 6) is 3.66. The topological polar surface area (TPSA) is 157 Å². The van der Waals surface area contributed by atoms with Crippen molar-refractivity contribution < 1.29 is 94.0 Å². The van der Waals surface area contributed by atoms with Crippen LogP contribution >= 0.6 is 56.7 Å². The molecule has 10 aromatic rings. The minimum atomic E-state index is -4.33. The Morgan fingerprint density at radius 2 is 0.578 bits per heavy atom. The molecule has 5 saturated carbocycles. The molecule has 10 aliphatic rings. The Morgan fingerprint density at radius 3 is 0.867 bits per heavy atom. The van der Waals surface area contributed by atoms with Gasteiger partial charge >= 0.3 is 0 Å². The number of aryl methyl sites for hydroxylation is 5. The fraction of sp³-hybridized carbons (Fsp3) is 0.609. The number of rotatable bonds is 35. The van der Waals surface area contributed by atoms with Gasteiger partial charge in [0.2, 0.25) is 0 Å². The predicted octanol–water partition coefficient (Wildman–Crippen LogP) is 29.6. The molecule has 15 nitrogen and oxygen atoms in total. The van der Waals surface area contributed by atoms with Crippen LogP contribution in [-0.2, 0) is 82.9 Å². The van der Waals surface area contributed by atoms with E-state index in [4.69, 9.17) is 93.5 Å². The summed E-state index contributed by atoms with van der Waals surface area (Å²) in [6.45, 7) is -2.04. The van der Waals surface area contributed by atoms with E-state index in [2.05, 4.69) is 26.0 Å². The van der Waals surface area contributed by atoms with Crippen molar-refractivity contribution in [3.8, 4) is 28.7 Å². The van der Waals surface area contributed by atoms with Crippen molar-refractivity contribution in [3.05, 3.63) is 232 Å². The summed E-state index contributed by atoms with van der Waals surface area (Å²) < 4.78 is 353. The molecule has 5 aliphatic carbocycles. The molecule has 15 heterocycles. The molecular formula is C115H155N5O10S5. The Hall–Kier alpha value is -6.95. The van der Waals surface area contributed by atoms with Crippen LogP contribution in [0.3, 0.4) is 0 Å². The van der Waals surface area contributed by atoms with Gasteiger partial charge in [-0.1, -0.05) is 126 Å². The van der Waals surface area contributed by atoms with Gasteiger partial charge in [0.1, 0.15) is 28.7 Å². The van der Waals surface area contributed by atoms with Crippen molar-refractivity contribution in [3.63, 3.8) is 0 Å². The number of ether oxygens (including phenoxy) is 10. The fourth-order valence-electron chi connectivity index (χ4n) is 21.2. The molecule has 0 radical (unpaired) electrons. The first-order valence-corrected chi connectivity index (χ1v) is 52.1. The lowest BCUT2D eigenvalue weighted by atomic mass is 9.67. The van der Waals surface area contributed by atoms with Gasteiger partial charge in [-0.2, -0.15) is 0 Å². The van der Waals surface area contributed by atoms with Crippen LogP contribution in [0.2, 0.25) is 0 Å². The molecule has 5 aliphatic heterocycles. The second-order valence-corrected chi connectivity index (χ2v) is 41.8. The lowest BCUT2D eigenvalue weighted by Crippen LogP contribution is -2.46. The molecule has 730 valence electrons. The van der Waals surface area contributed by atoms with E-state index < -0.39 is 165 Å². The van der Waals surface area contributed by atoms with Gasteiger partial charge in [0.25, 0.3) is 0 Å². The first-order valence-electron chi connectivity index (χ1n) is 64.7. The van der Waals surface area contributed by atoms with Crippen LogP contribution < -0.4 is 23.7 Å². The van der Waals surface area contributed by atoms with E-state index in [9.17, 15) is 5.48 Å². The van der Waals surface area contributed by atoms with Gasteiger partial charge in [-0.25, -0.2) is 0 Å². The summed E-state index contributed by atoms with van der Waals surface area (Å²) in [5, 5.41) is 9.55. The maximum absolute atomic E-state index is 9.44. The quantitative estimate of drug-likeness (QED) is 0.0369. The summed E-state index contributed by atoms with van der Waals surface area (Å²) in [7, 11) is 7.95. The van der Waals surface area contributed by atoms with E-state index in [0.29, 0.717) is 185 Å². The third-order valence-electron chi connectivity index (χ3n) is 28.0. The van der Waals surface area contributed by atoms with Crippen molar-refractivity contribution >= 4 is 56.7 Å². The van der Waals surface area contributed by atoms with E-state index in [1.165, 1.54) is 26.0 Å². The second kappa shape index (κ2) is 49.0. The molecule has 20 heteroatoms. The summed E-state index contributed by atoms with van der Waals surface area (Å²) in [6.07, 6.45) is -18.3. The average Bonchev–Trinajstić information content (AvgIpc) is 1.43. The minimum Gasteiger partial charge on any atom is -0.496 e. The van der Waals surface area contributed by atoms with Crippen LogP contribution in [-0.4, -0.2) is 121 Å². The Kier molecular flexibility index (Phi) is 23.9. The van der Waals surface area contributed by atoms with Crippen LogP contribution in [0.5, 0.6) is 28.7 Å². The van der Waals surface area contributed by atoms with Crippen molar-refractivity contribution in [2.24, 2.45) is 0 Å². The van der Waals surface area contributed by atoms with Crippen LogP contribution in [0.15, 0.2) is 179 Å². The maximum atomic E-state index is 9.44. The Bertz CT molecular complexity index is 6660. The number of thiophene rings is 5. The maximum Gasteiger partial charge on any atom is 0.132 e. The summed E-state index contributed by atoms with van der Waals surface area (Å²) in [5.41, 5.74) is -9.54. The lowest BCUT2D eigenvalue weighted by molar-refractivity contribution is -0.105. The van der Waals surface area contributed by atoms with Gasteiger partial charge in [0, 0.05) is 188 Å². The highest BCUT2D eigenvalue weighted by molar-refractivity contribution is 7.11. The van der Waals surface area contributed by atoms with Crippen molar-refractivity contribution in [2.75, 3.05) is 68.5 Å². The normalized spacial score (nSPS) is 34.2. The van der Waals surface area contributed by atoms with E-state index in [0.717, 1.165) is 121 Å². The molecule has 0 amide bonds. The molecule has 7 atom stereocenters. The van der Waals surface area contributed by atoms with Crippen LogP contribution in [0, 0.1) is 0 Å². The van der Waals surface area contributed by atoms with E-state index in [1.807, 2.05) is 119 Å². The number of aromatic nitrogens is 5. The van der Waals surface area contributed by atoms with Gasteiger partial charge in [0.15, 0.2) is 0 Å². The molecule has 10 aromatic heterocycles. The molecule has 5 spiro atoms. The van der Waals surface area contributed by atoms with Gasteiger partial charge in [-0.05, 0) is 342 Å². The average molecular weight is 1960 g/mol. The highest BCUT2D eigenvalue weighted by Gasteiger charge is 2.54. The van der Waals surface area contributed by atoms with Crippen LogP contribution in [0.4, 0.5) is 0 Å². The molecule has 0 aromatic carbocycles. The highest BCUT2D eigenvalue weighted by atomic mass is 32.1. The third-order valence-corrected chi connectivity index (χ3v) is 32.8. The zero-order valence-electron chi connectivity index (χ0n) is 113. The van der Waals surface area contributed by atoms with Gasteiger partial charge < -0.3 is 47.4 Å². The summed E-state index contributed by atoms with van der Waals surface area (Å²) in [6, 6.07) is 35.9. The number of methoxy groups -OCH3 is 5. The fourth-order valence-corrected chi connectivity index (χ4v) is 25.4. The van der Waals surface area contributed by atoms with E-state index in [1.54, 1.807) is 104 Å². The first kappa shape index (κ1) is 65.9. The van der Waals surface area contributed by atoms with Gasteiger partial charge in [-0.15, -0.1) is 56.7 Å². The number of nitrogens with zero attached hydrogens (tertiary/aromatic N) is 5. The monoisotopic (exact) mass is 1960 g/mol. The predicted molar refractivity (Wildman–Crippen MR) is 554 cm³/mol. The van der Waals surface area contributed by atoms with E-state index in [-0.39, 0.29) is 36.7 Å². The number of hydrogen-bond donors (Lipinski definition) is 0. The Balaban J connectivity index is 0.000000149. The van der Waals surface area contributed by atoms with Crippen molar-refractivity contribution in [2.45, 2.75) is 375 Å². The molecule has 5 saturated heterocycles. The number of pyridine rings is 5. The molecule has 0 N–H and O–H groups in total. The second-order valence-electron chi connectivity index (χ2n) is 36.8. The summed E-state index contributed by atoms with van der Waals surface area (Å²) >= 11 is 7.56. The van der Waals surface area contributed by atoms with Gasteiger partial charge in [-0.3, -0.25) is 24.9 Å². The number of hydrogen-bond acceptors (Lipinski definition) is 20. The summed E-state index contributed by atoms with van der Waals surface area (Å²) in [4.78, 5) is 27.3. The van der Waals surface area contributed by atoms with Crippen molar-refractivity contribution in [1.29, 1.82) is 0 Å². The Labute approximate surface area is 876 Å². The molecule has 10 fully saturated rings. The van der Waals surface area contributed by atoms with Crippen molar-refractivity contribution in [1.82, 2.24) is 24.9 Å². The molecular weight excluding hydrogens is 1770 g/mol. The molecule has 20 rings (SSSR count). The zero-order valence-corrected chi connectivity index (χ0v) is 82.6. The standard InChI is InChI=1S/5C23H31NO2S/c5*1-25-19-10-17-27-20(19)8-2-4-11-22(21-9-3-7-15-24-21)14-16-26-23(18-22)12-5-6-13-23/h5*3,7,9-10,15,17H,2,4-6,8,11-14,16,18H2,1H3/t5*22-/m11111/s1/i4D2,5D2,6D2,11D2,12D2,13D2,14D2,16D2,18D2;4D2,5D2,6D2;2*4D2,5D2;4D2/t2m;2*22-,23?;m. The van der Waals surface area contributed by atoms with Gasteiger partial charge in [0.05, 0.1) is 66.3 Å². The van der Waals surface area contributed by atoms with Crippen LogP contribution in [0.1, 0.15) is 388 Å². The lowest BCUT2D eigenvalue weighted by Gasteiger charge is -2.46. The zero-order chi connectivity index (χ0) is 123. The van der Waals surface area contributed by atoms with Crippen LogP contribution in [0.25, 0.3) is 0 Å². The first-order chi connectivity index (χ1) is 78.8. The Morgan fingerprint density at radius 1 is 0.296 bits per heavy atom. The smallest absolute Gasteiger partial charge is 0.132 e.